The Hall–Kier alpha value is 0.310. The molecule has 0 radical (unpaired) electrons. The van der Waals surface area contributed by atoms with Gasteiger partial charge in [-0.2, -0.15) is 12.6 Å². The molecular formula is C15H33NS. The van der Waals surface area contributed by atoms with Crippen molar-refractivity contribution in [3.63, 3.8) is 0 Å². The van der Waals surface area contributed by atoms with E-state index in [4.69, 9.17) is 0 Å². The Bertz CT molecular complexity index is 148. The van der Waals surface area contributed by atoms with Gasteiger partial charge in [-0.25, -0.2) is 0 Å². The van der Waals surface area contributed by atoms with Crippen LogP contribution in [0.4, 0.5) is 0 Å². The zero-order chi connectivity index (χ0) is 12.9. The first-order valence-corrected chi connectivity index (χ1v) is 8.09. The van der Waals surface area contributed by atoms with Gasteiger partial charge in [-0.1, -0.05) is 46.0 Å². The van der Waals surface area contributed by atoms with Crippen LogP contribution >= 0.6 is 12.6 Å². The molecule has 1 nitrogen and oxygen atoms in total. The molecule has 0 aliphatic carbocycles. The SMILES string of the molecule is CC(C)CCN(C)CCCCCCCCCS. The third kappa shape index (κ3) is 14.2. The molecule has 0 aromatic rings. The third-order valence-corrected chi connectivity index (χ3v) is 3.60. The Morgan fingerprint density at radius 2 is 1.35 bits per heavy atom. The number of hydrogen-bond donors (Lipinski definition) is 1. The van der Waals surface area contributed by atoms with Crippen LogP contribution in [0.25, 0.3) is 0 Å². The zero-order valence-electron chi connectivity index (χ0n) is 12.2. The van der Waals surface area contributed by atoms with Crippen LogP contribution in [0, 0.1) is 5.92 Å². The summed E-state index contributed by atoms with van der Waals surface area (Å²) in [5, 5.41) is 0. The Morgan fingerprint density at radius 1 is 0.824 bits per heavy atom. The summed E-state index contributed by atoms with van der Waals surface area (Å²) in [5.74, 6) is 1.89. The molecule has 0 bridgehead atoms. The van der Waals surface area contributed by atoms with Crippen molar-refractivity contribution in [3.05, 3.63) is 0 Å². The highest BCUT2D eigenvalue weighted by Gasteiger charge is 2.00. The molecule has 0 aliphatic rings. The molecule has 0 atom stereocenters. The van der Waals surface area contributed by atoms with Gasteiger partial charge in [0.1, 0.15) is 0 Å². The normalized spacial score (nSPS) is 11.6. The van der Waals surface area contributed by atoms with Crippen molar-refractivity contribution in [1.82, 2.24) is 4.90 Å². The monoisotopic (exact) mass is 259 g/mol. The van der Waals surface area contributed by atoms with E-state index in [1.54, 1.807) is 0 Å². The maximum atomic E-state index is 4.23. The Labute approximate surface area is 115 Å². The number of nitrogens with zero attached hydrogens (tertiary/aromatic N) is 1. The molecule has 0 spiro atoms. The smallest absolute Gasteiger partial charge is 0.00194 e. The van der Waals surface area contributed by atoms with Crippen LogP contribution < -0.4 is 0 Å². The fourth-order valence-corrected chi connectivity index (χ4v) is 2.19. The number of unbranched alkanes of at least 4 members (excludes halogenated alkanes) is 6. The molecule has 0 rings (SSSR count). The van der Waals surface area contributed by atoms with Crippen molar-refractivity contribution in [1.29, 1.82) is 0 Å². The van der Waals surface area contributed by atoms with Gasteiger partial charge >= 0.3 is 0 Å². The van der Waals surface area contributed by atoms with E-state index in [0.29, 0.717) is 0 Å². The maximum absolute atomic E-state index is 4.23. The molecule has 0 aromatic carbocycles. The maximum Gasteiger partial charge on any atom is -0.00194 e. The van der Waals surface area contributed by atoms with E-state index in [9.17, 15) is 0 Å². The van der Waals surface area contributed by atoms with Crippen LogP contribution in [0.3, 0.4) is 0 Å². The van der Waals surface area contributed by atoms with Crippen LogP contribution in [-0.4, -0.2) is 30.8 Å². The highest BCUT2D eigenvalue weighted by Crippen LogP contribution is 2.08. The van der Waals surface area contributed by atoms with Crippen LogP contribution in [0.15, 0.2) is 0 Å². The first-order valence-electron chi connectivity index (χ1n) is 7.46. The molecule has 17 heavy (non-hydrogen) atoms. The first kappa shape index (κ1) is 17.3. The van der Waals surface area contributed by atoms with Crippen molar-refractivity contribution in [2.75, 3.05) is 25.9 Å². The van der Waals surface area contributed by atoms with E-state index < -0.39 is 0 Å². The topological polar surface area (TPSA) is 3.24 Å². The summed E-state index contributed by atoms with van der Waals surface area (Å²) in [4.78, 5) is 2.49. The average Bonchev–Trinajstić information content (AvgIpc) is 2.30. The molecule has 0 unspecified atom stereocenters. The summed E-state index contributed by atoms with van der Waals surface area (Å²) >= 11 is 4.23. The highest BCUT2D eigenvalue weighted by atomic mass is 32.1. The van der Waals surface area contributed by atoms with Gasteiger partial charge in [0.05, 0.1) is 0 Å². The number of hydrogen-bond acceptors (Lipinski definition) is 2. The zero-order valence-corrected chi connectivity index (χ0v) is 13.1. The van der Waals surface area contributed by atoms with E-state index in [1.807, 2.05) is 0 Å². The Balaban J connectivity index is 3.11. The Kier molecular flexibility index (Phi) is 13.0. The quantitative estimate of drug-likeness (QED) is 0.395. The summed E-state index contributed by atoms with van der Waals surface area (Å²) in [6.07, 6.45) is 11.0. The third-order valence-electron chi connectivity index (χ3n) is 3.29. The van der Waals surface area contributed by atoms with Crippen molar-refractivity contribution in [2.45, 2.75) is 65.2 Å². The van der Waals surface area contributed by atoms with Crippen LogP contribution in [-0.2, 0) is 0 Å². The largest absolute Gasteiger partial charge is 0.306 e. The second kappa shape index (κ2) is 12.8. The van der Waals surface area contributed by atoms with Gasteiger partial charge < -0.3 is 4.90 Å². The van der Waals surface area contributed by atoms with Crippen LogP contribution in [0.2, 0.25) is 0 Å². The van der Waals surface area contributed by atoms with E-state index in [2.05, 4.69) is 38.4 Å². The van der Waals surface area contributed by atoms with Crippen molar-refractivity contribution < 1.29 is 0 Å². The molecule has 0 aliphatic heterocycles. The van der Waals surface area contributed by atoms with Gasteiger partial charge in [0, 0.05) is 0 Å². The first-order chi connectivity index (χ1) is 8.16. The average molecular weight is 260 g/mol. The summed E-state index contributed by atoms with van der Waals surface area (Å²) in [6, 6.07) is 0. The molecule has 0 saturated heterocycles. The van der Waals surface area contributed by atoms with Gasteiger partial charge in [0.2, 0.25) is 0 Å². The van der Waals surface area contributed by atoms with E-state index in [-0.39, 0.29) is 0 Å². The summed E-state index contributed by atoms with van der Waals surface area (Å²) in [7, 11) is 2.26. The van der Waals surface area contributed by atoms with Gasteiger partial charge in [-0.3, -0.25) is 0 Å². The fourth-order valence-electron chi connectivity index (χ4n) is 1.97. The molecule has 0 heterocycles. The standard InChI is InChI=1S/C15H33NS/c1-15(2)11-13-16(3)12-9-7-5-4-6-8-10-14-17/h15,17H,4-14H2,1-3H3. The van der Waals surface area contributed by atoms with E-state index in [1.165, 1.54) is 64.5 Å². The highest BCUT2D eigenvalue weighted by molar-refractivity contribution is 7.80. The molecule has 0 N–H and O–H groups in total. The van der Waals surface area contributed by atoms with Crippen molar-refractivity contribution in [2.24, 2.45) is 5.92 Å². The van der Waals surface area contributed by atoms with Gasteiger partial charge in [-0.05, 0) is 51.1 Å². The molecule has 0 fully saturated rings. The minimum absolute atomic E-state index is 0.837. The minimum atomic E-state index is 0.837. The molecule has 0 saturated carbocycles. The molecule has 2 heteroatoms. The van der Waals surface area contributed by atoms with Gasteiger partial charge in [-0.15, -0.1) is 0 Å². The lowest BCUT2D eigenvalue weighted by atomic mass is 10.1. The van der Waals surface area contributed by atoms with Crippen LogP contribution in [0.1, 0.15) is 65.2 Å². The van der Waals surface area contributed by atoms with E-state index >= 15 is 0 Å². The number of thiol groups is 1. The summed E-state index contributed by atoms with van der Waals surface area (Å²) < 4.78 is 0. The summed E-state index contributed by atoms with van der Waals surface area (Å²) in [6.45, 7) is 7.15. The summed E-state index contributed by atoms with van der Waals surface area (Å²) in [5.41, 5.74) is 0. The molecule has 0 aromatic heterocycles. The minimum Gasteiger partial charge on any atom is -0.306 e. The lowest BCUT2D eigenvalue weighted by Crippen LogP contribution is -2.21. The predicted molar refractivity (Wildman–Crippen MR) is 83.1 cm³/mol. The van der Waals surface area contributed by atoms with Gasteiger partial charge in [0.15, 0.2) is 0 Å². The van der Waals surface area contributed by atoms with Crippen LogP contribution in [0.5, 0.6) is 0 Å². The lowest BCUT2D eigenvalue weighted by Gasteiger charge is -2.17. The number of rotatable bonds is 12. The molecule has 0 amide bonds. The van der Waals surface area contributed by atoms with Gasteiger partial charge in [0.25, 0.3) is 0 Å². The van der Waals surface area contributed by atoms with Crippen molar-refractivity contribution in [3.8, 4) is 0 Å². The van der Waals surface area contributed by atoms with Crippen molar-refractivity contribution >= 4 is 12.6 Å². The fraction of sp³-hybridized carbons (Fsp3) is 1.00. The lowest BCUT2D eigenvalue weighted by molar-refractivity contribution is 0.302. The second-order valence-corrected chi connectivity index (χ2v) is 6.13. The van der Waals surface area contributed by atoms with E-state index in [0.717, 1.165) is 11.7 Å². The molecule has 104 valence electrons. The Morgan fingerprint density at radius 3 is 1.88 bits per heavy atom. The second-order valence-electron chi connectivity index (χ2n) is 5.68. The molecular weight excluding hydrogens is 226 g/mol. The predicted octanol–water partition coefficient (Wildman–Crippen LogP) is 4.62.